The van der Waals surface area contributed by atoms with Crippen LogP contribution in [-0.4, -0.2) is 35.9 Å². The maximum Gasteiger partial charge on any atom is 0.221 e. The van der Waals surface area contributed by atoms with Crippen molar-refractivity contribution in [2.45, 2.75) is 33.2 Å². The third kappa shape index (κ3) is 5.35. The lowest BCUT2D eigenvalue weighted by Gasteiger charge is -2.09. The van der Waals surface area contributed by atoms with Crippen molar-refractivity contribution in [1.29, 1.82) is 0 Å². The molecule has 0 radical (unpaired) electrons. The summed E-state index contributed by atoms with van der Waals surface area (Å²) in [6.07, 6.45) is 7.42. The van der Waals surface area contributed by atoms with Gasteiger partial charge in [-0.3, -0.25) is 14.5 Å². The van der Waals surface area contributed by atoms with Gasteiger partial charge in [-0.2, -0.15) is 10.2 Å². The molecule has 0 aliphatic rings. The highest BCUT2D eigenvalue weighted by molar-refractivity contribution is 5.88. The molecule has 0 saturated carbocycles. The van der Waals surface area contributed by atoms with Crippen molar-refractivity contribution in [1.82, 2.24) is 29.9 Å². The first-order chi connectivity index (χ1) is 17.4. The number of pyridine rings is 2. The lowest BCUT2D eigenvalue weighted by Crippen LogP contribution is -2.06. The Hall–Kier alpha value is -4.66. The lowest BCUT2D eigenvalue weighted by atomic mass is 10.1. The molecule has 1 amide bonds. The molecule has 0 aliphatic carbocycles. The molecule has 9 nitrogen and oxygen atoms in total. The number of benzene rings is 1. The number of fused-ring (bicyclic) bond motifs is 1. The number of nitrogens with one attached hydrogen (secondary N) is 2. The van der Waals surface area contributed by atoms with Crippen LogP contribution in [0.5, 0.6) is 0 Å². The Kier molecular flexibility index (Phi) is 6.36. The van der Waals surface area contributed by atoms with Gasteiger partial charge >= 0.3 is 0 Å². The number of nitrogens with zero attached hydrogens (tertiary/aromatic N) is 6. The van der Waals surface area contributed by atoms with Crippen molar-refractivity contribution in [2.24, 2.45) is 0 Å². The predicted octanol–water partition coefficient (Wildman–Crippen LogP) is 5.16. The van der Waals surface area contributed by atoms with E-state index >= 15 is 0 Å². The minimum Gasteiger partial charge on any atom is -0.326 e. The standard InChI is InChI=1S/C27H26N8O/c1-17(2)20-11-27(34-29-13-20)33-26-9-8-24-25(32-26)10-21(12-28-24)22-14-30-35(16-22)15-19-4-6-23(7-5-19)31-18(3)36/h4-14,16-17H,15H2,1-3H3,(H,31,36)(H,32,33,34). The first-order valence-electron chi connectivity index (χ1n) is 11.7. The number of aromatic nitrogens is 6. The SMILES string of the molecule is CC(=O)Nc1ccc(Cn2cc(-c3cnc4ccc(Nc5cc(C(C)C)cnn5)nc4c3)cn2)cc1. The van der Waals surface area contributed by atoms with E-state index in [1.165, 1.54) is 6.92 Å². The van der Waals surface area contributed by atoms with Crippen LogP contribution in [-0.2, 0) is 11.3 Å². The van der Waals surface area contributed by atoms with E-state index in [0.717, 1.165) is 39.0 Å². The predicted molar refractivity (Wildman–Crippen MR) is 140 cm³/mol. The highest BCUT2D eigenvalue weighted by Gasteiger charge is 2.08. The first-order valence-corrected chi connectivity index (χ1v) is 11.7. The van der Waals surface area contributed by atoms with Crippen LogP contribution in [0.3, 0.4) is 0 Å². The molecule has 36 heavy (non-hydrogen) atoms. The number of rotatable bonds is 7. The number of hydrogen-bond acceptors (Lipinski definition) is 7. The van der Waals surface area contributed by atoms with Gasteiger partial charge in [0.1, 0.15) is 5.82 Å². The smallest absolute Gasteiger partial charge is 0.221 e. The van der Waals surface area contributed by atoms with E-state index < -0.39 is 0 Å². The molecule has 1 aromatic carbocycles. The number of amides is 1. The molecular formula is C27H26N8O. The maximum atomic E-state index is 11.2. The Bertz CT molecular complexity index is 1520. The van der Waals surface area contributed by atoms with E-state index in [2.05, 4.69) is 44.8 Å². The van der Waals surface area contributed by atoms with Gasteiger partial charge < -0.3 is 10.6 Å². The summed E-state index contributed by atoms with van der Waals surface area (Å²) in [5.74, 6) is 1.61. The molecule has 0 bridgehead atoms. The Labute approximate surface area is 208 Å². The second-order valence-corrected chi connectivity index (χ2v) is 8.92. The second-order valence-electron chi connectivity index (χ2n) is 8.92. The zero-order chi connectivity index (χ0) is 25.1. The molecule has 4 aromatic heterocycles. The van der Waals surface area contributed by atoms with Gasteiger partial charge in [0, 0.05) is 36.1 Å². The van der Waals surface area contributed by atoms with Crippen molar-refractivity contribution in [3.63, 3.8) is 0 Å². The lowest BCUT2D eigenvalue weighted by molar-refractivity contribution is -0.114. The molecule has 0 unspecified atom stereocenters. The van der Waals surface area contributed by atoms with E-state index in [9.17, 15) is 4.79 Å². The van der Waals surface area contributed by atoms with Gasteiger partial charge in [-0.25, -0.2) is 4.98 Å². The van der Waals surface area contributed by atoms with Crippen LogP contribution in [0.1, 0.15) is 37.8 Å². The minimum atomic E-state index is -0.0881. The van der Waals surface area contributed by atoms with Gasteiger partial charge in [-0.15, -0.1) is 5.10 Å². The van der Waals surface area contributed by atoms with Gasteiger partial charge in [0.15, 0.2) is 5.82 Å². The van der Waals surface area contributed by atoms with Crippen molar-refractivity contribution < 1.29 is 4.79 Å². The van der Waals surface area contributed by atoms with Crippen LogP contribution in [0.2, 0.25) is 0 Å². The molecule has 0 saturated heterocycles. The van der Waals surface area contributed by atoms with Crippen molar-refractivity contribution in [3.8, 4) is 11.1 Å². The molecular weight excluding hydrogens is 452 g/mol. The monoisotopic (exact) mass is 478 g/mol. The third-order valence-electron chi connectivity index (χ3n) is 5.72. The fraction of sp³-hybridized carbons (Fsp3) is 0.185. The molecule has 5 aromatic rings. The summed E-state index contributed by atoms with van der Waals surface area (Å²) in [4.78, 5) is 20.5. The van der Waals surface area contributed by atoms with Gasteiger partial charge in [0.25, 0.3) is 0 Å². The van der Waals surface area contributed by atoms with E-state index in [1.807, 2.05) is 71.8 Å². The summed E-state index contributed by atoms with van der Waals surface area (Å²) in [6, 6.07) is 15.5. The summed E-state index contributed by atoms with van der Waals surface area (Å²) >= 11 is 0. The zero-order valence-electron chi connectivity index (χ0n) is 20.3. The summed E-state index contributed by atoms with van der Waals surface area (Å²) in [5, 5.41) is 18.8. The van der Waals surface area contributed by atoms with Crippen LogP contribution in [0.4, 0.5) is 17.3 Å². The van der Waals surface area contributed by atoms with E-state index in [-0.39, 0.29) is 5.91 Å². The molecule has 0 fully saturated rings. The number of carbonyl (C=O) groups is 1. The average Bonchev–Trinajstić information content (AvgIpc) is 3.33. The quantitative estimate of drug-likeness (QED) is 0.332. The second kappa shape index (κ2) is 9.91. The van der Waals surface area contributed by atoms with Crippen LogP contribution in [0.25, 0.3) is 22.2 Å². The Balaban J connectivity index is 1.33. The Morgan fingerprint density at radius 3 is 2.56 bits per heavy atom. The van der Waals surface area contributed by atoms with E-state index in [1.54, 1.807) is 6.20 Å². The fourth-order valence-electron chi connectivity index (χ4n) is 3.81. The van der Waals surface area contributed by atoms with Crippen LogP contribution in [0.15, 0.2) is 73.3 Å². The van der Waals surface area contributed by atoms with Gasteiger partial charge in [-0.1, -0.05) is 26.0 Å². The maximum absolute atomic E-state index is 11.2. The van der Waals surface area contributed by atoms with Crippen molar-refractivity contribution in [3.05, 3.63) is 84.4 Å². The first kappa shape index (κ1) is 23.1. The van der Waals surface area contributed by atoms with Gasteiger partial charge in [0.2, 0.25) is 5.91 Å². The molecule has 0 aliphatic heterocycles. The summed E-state index contributed by atoms with van der Waals surface area (Å²) in [6.45, 7) is 6.35. The van der Waals surface area contributed by atoms with Gasteiger partial charge in [0.05, 0.1) is 30.0 Å². The summed E-state index contributed by atoms with van der Waals surface area (Å²) in [5.41, 5.74) is 6.42. The van der Waals surface area contributed by atoms with Crippen LogP contribution in [0, 0.1) is 0 Å². The Morgan fingerprint density at radius 2 is 1.78 bits per heavy atom. The topological polar surface area (TPSA) is 111 Å². The molecule has 0 atom stereocenters. The summed E-state index contributed by atoms with van der Waals surface area (Å²) in [7, 11) is 0. The van der Waals surface area contributed by atoms with Crippen LogP contribution < -0.4 is 10.6 Å². The number of carbonyl (C=O) groups excluding carboxylic acids is 1. The number of anilines is 3. The normalized spacial score (nSPS) is 11.1. The largest absolute Gasteiger partial charge is 0.326 e. The summed E-state index contributed by atoms with van der Waals surface area (Å²) < 4.78 is 1.87. The van der Waals surface area contributed by atoms with Crippen molar-refractivity contribution >= 4 is 34.3 Å². The van der Waals surface area contributed by atoms with E-state index in [0.29, 0.717) is 24.1 Å². The van der Waals surface area contributed by atoms with Gasteiger partial charge in [-0.05, 0) is 53.4 Å². The molecule has 9 heteroatoms. The van der Waals surface area contributed by atoms with Crippen LogP contribution >= 0.6 is 0 Å². The molecule has 2 N–H and O–H groups in total. The van der Waals surface area contributed by atoms with Crippen molar-refractivity contribution in [2.75, 3.05) is 10.6 Å². The molecule has 0 spiro atoms. The minimum absolute atomic E-state index is 0.0881. The zero-order valence-corrected chi connectivity index (χ0v) is 20.3. The third-order valence-corrected chi connectivity index (χ3v) is 5.72. The average molecular weight is 479 g/mol. The number of hydrogen-bond donors (Lipinski definition) is 2. The Morgan fingerprint density at radius 1 is 0.944 bits per heavy atom. The fourth-order valence-corrected chi connectivity index (χ4v) is 3.81. The van der Waals surface area contributed by atoms with E-state index in [4.69, 9.17) is 4.98 Å². The molecule has 4 heterocycles. The highest BCUT2D eigenvalue weighted by atomic mass is 16.1. The highest BCUT2D eigenvalue weighted by Crippen LogP contribution is 2.24. The molecule has 5 rings (SSSR count). The molecule has 180 valence electrons.